The topological polar surface area (TPSA) is 23.5 Å². The number of halogens is 1. The van der Waals surface area contributed by atoms with Gasteiger partial charge in [0.15, 0.2) is 0 Å². The lowest BCUT2D eigenvalue weighted by molar-refractivity contribution is 0.161. The van der Waals surface area contributed by atoms with Crippen molar-refractivity contribution in [2.24, 2.45) is 0 Å². The zero-order valence-corrected chi connectivity index (χ0v) is 8.69. The predicted octanol–water partition coefficient (Wildman–Crippen LogP) is 2.18. The predicted molar refractivity (Wildman–Crippen MR) is 58.5 cm³/mol. The Morgan fingerprint density at radius 1 is 1.13 bits per heavy atom. The molecule has 1 unspecified atom stereocenters. The molecule has 0 spiro atoms. The highest BCUT2D eigenvalue weighted by atomic mass is 19.1. The molecule has 0 aliphatic carbocycles. The SMILES string of the molecule is OC1CCCN(c2ccc(F)cc2)CC1. The lowest BCUT2D eigenvalue weighted by Crippen LogP contribution is -2.24. The Morgan fingerprint density at radius 2 is 1.87 bits per heavy atom. The Labute approximate surface area is 89.3 Å². The van der Waals surface area contributed by atoms with Crippen LogP contribution < -0.4 is 4.90 Å². The standard InChI is InChI=1S/C12H16FNO/c13-10-3-5-11(6-4-10)14-8-1-2-12(15)7-9-14/h3-6,12,15H,1-2,7-9H2. The van der Waals surface area contributed by atoms with E-state index in [4.69, 9.17) is 0 Å². The van der Waals surface area contributed by atoms with Crippen LogP contribution in [0.25, 0.3) is 0 Å². The van der Waals surface area contributed by atoms with Gasteiger partial charge in [-0.2, -0.15) is 0 Å². The third-order valence-electron chi connectivity index (χ3n) is 2.89. The van der Waals surface area contributed by atoms with Gasteiger partial charge in [0.1, 0.15) is 5.82 Å². The van der Waals surface area contributed by atoms with Crippen molar-refractivity contribution in [3.8, 4) is 0 Å². The van der Waals surface area contributed by atoms with E-state index in [9.17, 15) is 9.50 Å². The van der Waals surface area contributed by atoms with Crippen molar-refractivity contribution in [3.05, 3.63) is 30.1 Å². The van der Waals surface area contributed by atoms with Gasteiger partial charge in [0.25, 0.3) is 0 Å². The summed E-state index contributed by atoms with van der Waals surface area (Å²) in [6, 6.07) is 6.56. The number of benzene rings is 1. The summed E-state index contributed by atoms with van der Waals surface area (Å²) in [4.78, 5) is 2.20. The molecule has 0 saturated carbocycles. The van der Waals surface area contributed by atoms with Gasteiger partial charge in [-0.1, -0.05) is 0 Å². The molecule has 3 heteroatoms. The highest BCUT2D eigenvalue weighted by molar-refractivity contribution is 5.46. The minimum absolute atomic E-state index is 0.171. The van der Waals surface area contributed by atoms with Crippen molar-refractivity contribution < 1.29 is 9.50 Å². The average Bonchev–Trinajstić information content (AvgIpc) is 2.44. The first-order valence-electron chi connectivity index (χ1n) is 5.44. The Balaban J connectivity index is 2.06. The molecule has 1 N–H and O–H groups in total. The number of nitrogens with zero attached hydrogens (tertiary/aromatic N) is 1. The third kappa shape index (κ3) is 2.69. The molecule has 1 aromatic carbocycles. The highest BCUT2D eigenvalue weighted by Gasteiger charge is 2.14. The number of aliphatic hydroxyl groups excluding tert-OH is 1. The van der Waals surface area contributed by atoms with Crippen LogP contribution in [0, 0.1) is 5.82 Å². The Bertz CT molecular complexity index is 312. The van der Waals surface area contributed by atoms with E-state index >= 15 is 0 Å². The second kappa shape index (κ2) is 4.62. The van der Waals surface area contributed by atoms with Gasteiger partial charge < -0.3 is 10.0 Å². The summed E-state index contributed by atoms with van der Waals surface area (Å²) in [5.41, 5.74) is 1.05. The molecular formula is C12H16FNO. The van der Waals surface area contributed by atoms with Crippen molar-refractivity contribution in [2.45, 2.75) is 25.4 Å². The van der Waals surface area contributed by atoms with Crippen molar-refractivity contribution in [1.29, 1.82) is 0 Å². The van der Waals surface area contributed by atoms with Crippen LogP contribution in [0.15, 0.2) is 24.3 Å². The van der Waals surface area contributed by atoms with E-state index in [1.807, 2.05) is 0 Å². The lowest BCUT2D eigenvalue weighted by Gasteiger charge is -2.22. The van der Waals surface area contributed by atoms with Gasteiger partial charge >= 0.3 is 0 Å². The summed E-state index contributed by atoms with van der Waals surface area (Å²) < 4.78 is 12.7. The van der Waals surface area contributed by atoms with Gasteiger partial charge in [-0.3, -0.25) is 0 Å². The summed E-state index contributed by atoms with van der Waals surface area (Å²) in [5, 5.41) is 9.51. The molecule has 1 saturated heterocycles. The zero-order chi connectivity index (χ0) is 10.7. The molecule has 1 aromatic rings. The van der Waals surface area contributed by atoms with Crippen LogP contribution in [-0.4, -0.2) is 24.3 Å². The van der Waals surface area contributed by atoms with Crippen molar-refractivity contribution in [2.75, 3.05) is 18.0 Å². The molecule has 1 fully saturated rings. The van der Waals surface area contributed by atoms with Crippen LogP contribution in [0.2, 0.25) is 0 Å². The maximum atomic E-state index is 12.7. The largest absolute Gasteiger partial charge is 0.393 e. The maximum Gasteiger partial charge on any atom is 0.123 e. The van der Waals surface area contributed by atoms with E-state index in [1.54, 1.807) is 12.1 Å². The molecule has 0 radical (unpaired) electrons. The minimum Gasteiger partial charge on any atom is -0.393 e. The van der Waals surface area contributed by atoms with Crippen LogP contribution in [0.4, 0.5) is 10.1 Å². The van der Waals surface area contributed by atoms with Crippen LogP contribution in [0.5, 0.6) is 0 Å². The van der Waals surface area contributed by atoms with Crippen molar-refractivity contribution >= 4 is 5.69 Å². The molecule has 2 rings (SSSR count). The molecular weight excluding hydrogens is 193 g/mol. The summed E-state index contributed by atoms with van der Waals surface area (Å²) in [5.74, 6) is -0.200. The quantitative estimate of drug-likeness (QED) is 0.766. The van der Waals surface area contributed by atoms with Gasteiger partial charge in [0, 0.05) is 18.8 Å². The molecule has 1 aliphatic heterocycles. The van der Waals surface area contributed by atoms with Gasteiger partial charge in [-0.15, -0.1) is 0 Å². The minimum atomic E-state index is -0.200. The second-order valence-electron chi connectivity index (χ2n) is 4.05. The highest BCUT2D eigenvalue weighted by Crippen LogP contribution is 2.19. The van der Waals surface area contributed by atoms with Crippen LogP contribution in [-0.2, 0) is 0 Å². The molecule has 1 aliphatic rings. The maximum absolute atomic E-state index is 12.7. The first-order chi connectivity index (χ1) is 7.25. The van der Waals surface area contributed by atoms with Gasteiger partial charge in [0.2, 0.25) is 0 Å². The molecule has 82 valence electrons. The Kier molecular flexibility index (Phi) is 3.21. The van der Waals surface area contributed by atoms with E-state index in [0.29, 0.717) is 0 Å². The smallest absolute Gasteiger partial charge is 0.123 e. The van der Waals surface area contributed by atoms with Gasteiger partial charge in [0.05, 0.1) is 6.10 Å². The molecule has 0 aromatic heterocycles. The summed E-state index contributed by atoms with van der Waals surface area (Å²) >= 11 is 0. The van der Waals surface area contributed by atoms with E-state index < -0.39 is 0 Å². The summed E-state index contributed by atoms with van der Waals surface area (Å²) in [6.07, 6.45) is 2.50. The number of anilines is 1. The third-order valence-corrected chi connectivity index (χ3v) is 2.89. The lowest BCUT2D eigenvalue weighted by atomic mass is 10.2. The number of hydrogen-bond acceptors (Lipinski definition) is 2. The van der Waals surface area contributed by atoms with E-state index in [-0.39, 0.29) is 11.9 Å². The fourth-order valence-electron chi connectivity index (χ4n) is 1.99. The molecule has 0 bridgehead atoms. The fourth-order valence-corrected chi connectivity index (χ4v) is 1.99. The number of hydrogen-bond donors (Lipinski definition) is 1. The van der Waals surface area contributed by atoms with E-state index in [0.717, 1.165) is 38.0 Å². The fraction of sp³-hybridized carbons (Fsp3) is 0.500. The zero-order valence-electron chi connectivity index (χ0n) is 8.69. The van der Waals surface area contributed by atoms with Crippen molar-refractivity contribution in [1.82, 2.24) is 0 Å². The molecule has 0 amide bonds. The van der Waals surface area contributed by atoms with Crippen LogP contribution in [0.3, 0.4) is 0 Å². The summed E-state index contributed by atoms with van der Waals surface area (Å²) in [7, 11) is 0. The number of aliphatic hydroxyl groups is 1. The number of rotatable bonds is 1. The first kappa shape index (κ1) is 10.4. The van der Waals surface area contributed by atoms with E-state index in [2.05, 4.69) is 4.90 Å². The Morgan fingerprint density at radius 3 is 2.60 bits per heavy atom. The first-order valence-corrected chi connectivity index (χ1v) is 5.44. The van der Waals surface area contributed by atoms with Crippen molar-refractivity contribution in [3.63, 3.8) is 0 Å². The summed E-state index contributed by atoms with van der Waals surface area (Å²) in [6.45, 7) is 1.80. The van der Waals surface area contributed by atoms with Gasteiger partial charge in [-0.05, 0) is 43.5 Å². The normalized spacial score (nSPS) is 22.5. The van der Waals surface area contributed by atoms with Crippen LogP contribution >= 0.6 is 0 Å². The molecule has 2 nitrogen and oxygen atoms in total. The molecule has 1 heterocycles. The monoisotopic (exact) mass is 209 g/mol. The molecule has 15 heavy (non-hydrogen) atoms. The van der Waals surface area contributed by atoms with E-state index in [1.165, 1.54) is 12.1 Å². The average molecular weight is 209 g/mol. The van der Waals surface area contributed by atoms with Crippen LogP contribution in [0.1, 0.15) is 19.3 Å². The van der Waals surface area contributed by atoms with Gasteiger partial charge in [-0.25, -0.2) is 4.39 Å². The Hall–Kier alpha value is -1.09. The second-order valence-corrected chi connectivity index (χ2v) is 4.05. The molecule has 1 atom stereocenters.